The highest BCUT2D eigenvalue weighted by molar-refractivity contribution is 7.80. The Morgan fingerprint density at radius 1 is 1.00 bits per heavy atom. The second kappa shape index (κ2) is 6.79. The van der Waals surface area contributed by atoms with E-state index < -0.39 is 11.7 Å². The zero-order valence-electron chi connectivity index (χ0n) is 11.9. The van der Waals surface area contributed by atoms with Crippen LogP contribution in [0.1, 0.15) is 18.1 Å². The normalized spacial score (nSPS) is 11.1. The SMILES string of the molecule is CCc1ccc(NC(=S)Nc2ccccc2C(F)(F)F)cc1. The minimum atomic E-state index is -4.43. The Kier molecular flexibility index (Phi) is 5.03. The zero-order valence-corrected chi connectivity index (χ0v) is 12.7. The Bertz CT molecular complexity index is 651. The highest BCUT2D eigenvalue weighted by Gasteiger charge is 2.33. The average Bonchev–Trinajstić information content (AvgIpc) is 2.47. The molecule has 0 spiro atoms. The van der Waals surface area contributed by atoms with Crippen molar-refractivity contribution >= 4 is 28.7 Å². The highest BCUT2D eigenvalue weighted by atomic mass is 32.1. The fourth-order valence-corrected chi connectivity index (χ4v) is 2.18. The van der Waals surface area contributed by atoms with Gasteiger partial charge in [-0.3, -0.25) is 0 Å². The zero-order chi connectivity index (χ0) is 16.2. The molecule has 0 aliphatic heterocycles. The maximum absolute atomic E-state index is 12.9. The van der Waals surface area contributed by atoms with Crippen LogP contribution in [-0.2, 0) is 12.6 Å². The van der Waals surface area contributed by atoms with E-state index in [0.29, 0.717) is 0 Å². The molecule has 0 heterocycles. The highest BCUT2D eigenvalue weighted by Crippen LogP contribution is 2.34. The summed E-state index contributed by atoms with van der Waals surface area (Å²) in [5.74, 6) is 0. The van der Waals surface area contributed by atoms with Gasteiger partial charge in [-0.2, -0.15) is 13.2 Å². The molecule has 2 rings (SSSR count). The number of benzene rings is 2. The van der Waals surface area contributed by atoms with Crippen molar-refractivity contribution < 1.29 is 13.2 Å². The topological polar surface area (TPSA) is 24.1 Å². The molecule has 2 aromatic rings. The fraction of sp³-hybridized carbons (Fsp3) is 0.188. The van der Waals surface area contributed by atoms with Crippen molar-refractivity contribution in [1.29, 1.82) is 0 Å². The molecule has 0 unspecified atom stereocenters. The molecule has 0 atom stereocenters. The van der Waals surface area contributed by atoms with E-state index in [1.54, 1.807) is 0 Å². The Balaban J connectivity index is 2.09. The Hall–Kier alpha value is -2.08. The molecule has 0 amide bonds. The third-order valence-electron chi connectivity index (χ3n) is 3.10. The molecular formula is C16H15F3N2S. The van der Waals surface area contributed by atoms with E-state index in [2.05, 4.69) is 10.6 Å². The molecule has 0 fully saturated rings. The maximum atomic E-state index is 12.9. The second-order valence-corrected chi connectivity index (χ2v) is 5.08. The molecule has 0 aromatic heterocycles. The van der Waals surface area contributed by atoms with Crippen molar-refractivity contribution in [2.24, 2.45) is 0 Å². The first-order valence-corrected chi connectivity index (χ1v) is 7.14. The first kappa shape index (κ1) is 16.3. The minimum absolute atomic E-state index is 0.0716. The summed E-state index contributed by atoms with van der Waals surface area (Å²) in [5.41, 5.74) is 1.07. The van der Waals surface area contributed by atoms with Crippen LogP contribution in [-0.4, -0.2) is 5.11 Å². The lowest BCUT2D eigenvalue weighted by Gasteiger charge is -2.15. The van der Waals surface area contributed by atoms with Crippen LogP contribution in [0.3, 0.4) is 0 Å². The van der Waals surface area contributed by atoms with Crippen molar-refractivity contribution in [2.45, 2.75) is 19.5 Å². The summed E-state index contributed by atoms with van der Waals surface area (Å²) in [6.45, 7) is 2.04. The quantitative estimate of drug-likeness (QED) is 0.770. The predicted octanol–water partition coefficient (Wildman–Crippen LogP) is 5.08. The lowest BCUT2D eigenvalue weighted by molar-refractivity contribution is -0.136. The lowest BCUT2D eigenvalue weighted by Crippen LogP contribution is -2.21. The summed E-state index contributed by atoms with van der Waals surface area (Å²) < 4.78 is 38.7. The molecule has 0 bridgehead atoms. The van der Waals surface area contributed by atoms with Gasteiger partial charge in [0.1, 0.15) is 0 Å². The van der Waals surface area contributed by atoms with Gasteiger partial charge in [-0.15, -0.1) is 0 Å². The summed E-state index contributed by atoms with van der Waals surface area (Å²) in [6.07, 6.45) is -3.51. The van der Waals surface area contributed by atoms with Gasteiger partial charge in [0, 0.05) is 5.69 Å². The van der Waals surface area contributed by atoms with Crippen molar-refractivity contribution in [1.82, 2.24) is 0 Å². The van der Waals surface area contributed by atoms with E-state index in [1.807, 2.05) is 31.2 Å². The molecule has 2 N–H and O–H groups in total. The van der Waals surface area contributed by atoms with E-state index in [1.165, 1.54) is 23.8 Å². The summed E-state index contributed by atoms with van der Waals surface area (Å²) >= 11 is 5.07. The van der Waals surface area contributed by atoms with Gasteiger partial charge < -0.3 is 10.6 Å². The fourth-order valence-electron chi connectivity index (χ4n) is 1.95. The maximum Gasteiger partial charge on any atom is 0.418 e. The molecule has 0 aliphatic carbocycles. The molecule has 0 aliphatic rings. The van der Waals surface area contributed by atoms with Crippen LogP contribution in [0.25, 0.3) is 0 Å². The van der Waals surface area contributed by atoms with Crippen LogP contribution in [0.5, 0.6) is 0 Å². The van der Waals surface area contributed by atoms with Crippen LogP contribution >= 0.6 is 12.2 Å². The van der Waals surface area contributed by atoms with Crippen molar-refractivity contribution in [3.8, 4) is 0 Å². The number of alkyl halides is 3. The Morgan fingerprint density at radius 3 is 2.23 bits per heavy atom. The number of anilines is 2. The van der Waals surface area contributed by atoms with Gasteiger partial charge in [-0.05, 0) is 48.5 Å². The van der Waals surface area contributed by atoms with E-state index in [9.17, 15) is 13.2 Å². The summed E-state index contributed by atoms with van der Waals surface area (Å²) in [7, 11) is 0. The van der Waals surface area contributed by atoms with E-state index >= 15 is 0 Å². The van der Waals surface area contributed by atoms with E-state index in [4.69, 9.17) is 12.2 Å². The van der Waals surface area contributed by atoms with Gasteiger partial charge in [-0.1, -0.05) is 31.2 Å². The monoisotopic (exact) mass is 324 g/mol. The number of hydrogen-bond acceptors (Lipinski definition) is 1. The smallest absolute Gasteiger partial charge is 0.332 e. The van der Waals surface area contributed by atoms with E-state index in [0.717, 1.165) is 18.2 Å². The number of nitrogens with one attached hydrogen (secondary N) is 2. The summed E-state index contributed by atoms with van der Waals surface area (Å²) in [6, 6.07) is 12.8. The first-order valence-electron chi connectivity index (χ1n) is 6.73. The average molecular weight is 324 g/mol. The molecule has 6 heteroatoms. The number of hydrogen-bond donors (Lipinski definition) is 2. The van der Waals surface area contributed by atoms with Gasteiger partial charge in [0.15, 0.2) is 5.11 Å². The van der Waals surface area contributed by atoms with Crippen molar-refractivity contribution in [3.05, 3.63) is 59.7 Å². The van der Waals surface area contributed by atoms with Crippen LogP contribution in [0.4, 0.5) is 24.5 Å². The molecule has 0 saturated carbocycles. The van der Waals surface area contributed by atoms with Crippen LogP contribution in [0.2, 0.25) is 0 Å². The van der Waals surface area contributed by atoms with Crippen molar-refractivity contribution in [2.75, 3.05) is 10.6 Å². The van der Waals surface area contributed by atoms with Gasteiger partial charge in [-0.25, -0.2) is 0 Å². The number of thiocarbonyl (C=S) groups is 1. The molecule has 0 saturated heterocycles. The van der Waals surface area contributed by atoms with Gasteiger partial charge >= 0.3 is 6.18 Å². The van der Waals surface area contributed by atoms with Crippen LogP contribution < -0.4 is 10.6 Å². The third-order valence-corrected chi connectivity index (χ3v) is 3.30. The number of para-hydroxylation sites is 1. The predicted molar refractivity (Wildman–Crippen MR) is 87.1 cm³/mol. The van der Waals surface area contributed by atoms with Gasteiger partial charge in [0.25, 0.3) is 0 Å². The number of aryl methyl sites for hydroxylation is 1. The minimum Gasteiger partial charge on any atom is -0.332 e. The molecule has 0 radical (unpaired) electrons. The second-order valence-electron chi connectivity index (χ2n) is 4.67. The van der Waals surface area contributed by atoms with Crippen LogP contribution in [0, 0.1) is 0 Å². The van der Waals surface area contributed by atoms with Gasteiger partial charge in [0.2, 0.25) is 0 Å². The molecular weight excluding hydrogens is 309 g/mol. The molecule has 2 nitrogen and oxygen atoms in total. The largest absolute Gasteiger partial charge is 0.418 e. The summed E-state index contributed by atoms with van der Waals surface area (Å²) in [4.78, 5) is 0. The van der Waals surface area contributed by atoms with Gasteiger partial charge in [0.05, 0.1) is 11.3 Å². The molecule has 22 heavy (non-hydrogen) atoms. The third kappa shape index (κ3) is 4.21. The van der Waals surface area contributed by atoms with E-state index in [-0.39, 0.29) is 10.8 Å². The van der Waals surface area contributed by atoms with Crippen LogP contribution in [0.15, 0.2) is 48.5 Å². The Morgan fingerprint density at radius 2 is 1.64 bits per heavy atom. The Labute approximate surface area is 132 Å². The number of halogens is 3. The standard InChI is InChI=1S/C16H15F3N2S/c1-2-11-7-9-12(10-8-11)20-15(22)21-14-6-4-3-5-13(14)16(17,18)19/h3-10H,2H2,1H3,(H2,20,21,22). The molecule has 2 aromatic carbocycles. The molecule has 116 valence electrons. The van der Waals surface area contributed by atoms with Crippen molar-refractivity contribution in [3.63, 3.8) is 0 Å². The first-order chi connectivity index (χ1) is 10.4. The number of rotatable bonds is 3. The lowest BCUT2D eigenvalue weighted by atomic mass is 10.1. The summed E-state index contributed by atoms with van der Waals surface area (Å²) in [5, 5.41) is 5.58.